The Hall–Kier alpha value is -2.21. The first kappa shape index (κ1) is 16.3. The largest absolute Gasteiger partial charge is 0.393 e. The van der Waals surface area contributed by atoms with Crippen molar-refractivity contribution in [3.63, 3.8) is 0 Å². The van der Waals surface area contributed by atoms with Crippen molar-refractivity contribution < 1.29 is 14.3 Å². The number of nitrogens with zero attached hydrogens (tertiary/aromatic N) is 3. The Morgan fingerprint density at radius 2 is 2.16 bits per heavy atom. The number of carbonyl (C=O) groups is 1. The topological polar surface area (TPSA) is 58.4 Å². The molecule has 6 heteroatoms. The standard InChI is InChI=1S/C19H22FN3O2/c1-12(24)13-9-10-22(11-13)19(25)18-14-5-4-8-16(14)23(21-18)17-7-3-2-6-15(17)20/h2-3,6-7,12-13,24H,4-5,8-11H2,1H3. The van der Waals surface area contributed by atoms with Crippen LogP contribution in [0.15, 0.2) is 24.3 Å². The fourth-order valence-electron chi connectivity index (χ4n) is 3.95. The number of likely N-dealkylation sites (tertiary alicyclic amines) is 1. The van der Waals surface area contributed by atoms with Crippen LogP contribution in [0.5, 0.6) is 0 Å². The molecule has 1 amide bonds. The van der Waals surface area contributed by atoms with Gasteiger partial charge < -0.3 is 10.0 Å². The van der Waals surface area contributed by atoms with E-state index in [1.54, 1.807) is 34.7 Å². The highest BCUT2D eigenvalue weighted by Crippen LogP contribution is 2.30. The molecule has 1 fully saturated rings. The predicted molar refractivity (Wildman–Crippen MR) is 91.2 cm³/mol. The van der Waals surface area contributed by atoms with Gasteiger partial charge in [-0.15, -0.1) is 0 Å². The number of hydrogen-bond donors (Lipinski definition) is 1. The number of hydrogen-bond acceptors (Lipinski definition) is 3. The molecule has 4 rings (SSSR count). The van der Waals surface area contributed by atoms with Crippen molar-refractivity contribution in [2.24, 2.45) is 5.92 Å². The molecule has 25 heavy (non-hydrogen) atoms. The molecular weight excluding hydrogens is 321 g/mol. The lowest BCUT2D eigenvalue weighted by Gasteiger charge is -2.17. The minimum absolute atomic E-state index is 0.101. The maximum Gasteiger partial charge on any atom is 0.274 e. The van der Waals surface area contributed by atoms with E-state index in [0.717, 1.165) is 36.9 Å². The van der Waals surface area contributed by atoms with Crippen molar-refractivity contribution >= 4 is 5.91 Å². The SMILES string of the molecule is CC(O)C1CCN(C(=O)c2nn(-c3ccccc3F)c3c2CCC3)C1. The molecule has 0 saturated carbocycles. The number of aliphatic hydroxyl groups excluding tert-OH is 1. The first-order valence-electron chi connectivity index (χ1n) is 8.89. The highest BCUT2D eigenvalue weighted by molar-refractivity contribution is 5.94. The number of halogens is 1. The van der Waals surface area contributed by atoms with Crippen LogP contribution in [-0.2, 0) is 12.8 Å². The summed E-state index contributed by atoms with van der Waals surface area (Å²) in [6, 6.07) is 6.52. The van der Waals surface area contributed by atoms with Gasteiger partial charge in [0.15, 0.2) is 5.69 Å². The van der Waals surface area contributed by atoms with Gasteiger partial charge in [0.05, 0.1) is 6.10 Å². The molecule has 1 N–H and O–H groups in total. The third kappa shape index (κ3) is 2.74. The molecule has 1 aliphatic heterocycles. The van der Waals surface area contributed by atoms with E-state index < -0.39 is 6.10 Å². The number of amides is 1. The Morgan fingerprint density at radius 3 is 2.88 bits per heavy atom. The summed E-state index contributed by atoms with van der Waals surface area (Å²) in [6.45, 7) is 2.96. The summed E-state index contributed by atoms with van der Waals surface area (Å²) in [4.78, 5) is 14.7. The molecule has 2 aromatic rings. The van der Waals surface area contributed by atoms with E-state index >= 15 is 0 Å². The highest BCUT2D eigenvalue weighted by Gasteiger charge is 2.34. The van der Waals surface area contributed by atoms with E-state index in [0.29, 0.717) is 24.5 Å². The zero-order chi connectivity index (χ0) is 17.6. The van der Waals surface area contributed by atoms with E-state index in [4.69, 9.17) is 0 Å². The summed E-state index contributed by atoms with van der Waals surface area (Å²) >= 11 is 0. The summed E-state index contributed by atoms with van der Waals surface area (Å²) < 4.78 is 15.8. The van der Waals surface area contributed by atoms with Gasteiger partial charge in [0, 0.05) is 30.3 Å². The van der Waals surface area contributed by atoms with Crippen LogP contribution in [0.25, 0.3) is 5.69 Å². The van der Waals surface area contributed by atoms with Crippen LogP contribution in [0, 0.1) is 11.7 Å². The molecule has 1 aromatic carbocycles. The quantitative estimate of drug-likeness (QED) is 0.931. The first-order valence-corrected chi connectivity index (χ1v) is 8.89. The molecule has 2 aliphatic rings. The molecule has 0 spiro atoms. The van der Waals surface area contributed by atoms with Gasteiger partial charge in [0.2, 0.25) is 0 Å². The van der Waals surface area contributed by atoms with Crippen LogP contribution in [0.2, 0.25) is 0 Å². The molecule has 1 saturated heterocycles. The van der Waals surface area contributed by atoms with Crippen molar-refractivity contribution in [3.05, 3.63) is 47.0 Å². The zero-order valence-electron chi connectivity index (χ0n) is 14.3. The molecule has 1 aliphatic carbocycles. The van der Waals surface area contributed by atoms with Gasteiger partial charge in [-0.3, -0.25) is 4.79 Å². The van der Waals surface area contributed by atoms with Gasteiger partial charge in [0.25, 0.3) is 5.91 Å². The molecule has 132 valence electrons. The van der Waals surface area contributed by atoms with Crippen LogP contribution in [0.3, 0.4) is 0 Å². The van der Waals surface area contributed by atoms with Crippen molar-refractivity contribution in [2.75, 3.05) is 13.1 Å². The van der Waals surface area contributed by atoms with Crippen molar-refractivity contribution in [1.82, 2.24) is 14.7 Å². The summed E-state index contributed by atoms with van der Waals surface area (Å²) in [6.07, 6.45) is 2.95. The summed E-state index contributed by atoms with van der Waals surface area (Å²) in [7, 11) is 0. The van der Waals surface area contributed by atoms with Gasteiger partial charge in [-0.05, 0) is 44.7 Å². The normalized spacial score (nSPS) is 20.8. The van der Waals surface area contributed by atoms with E-state index in [1.165, 1.54) is 6.07 Å². The zero-order valence-corrected chi connectivity index (χ0v) is 14.3. The second-order valence-corrected chi connectivity index (χ2v) is 7.03. The van der Waals surface area contributed by atoms with Crippen LogP contribution in [0.4, 0.5) is 4.39 Å². The van der Waals surface area contributed by atoms with E-state index in [-0.39, 0.29) is 17.6 Å². The molecule has 0 radical (unpaired) electrons. The van der Waals surface area contributed by atoms with Crippen molar-refractivity contribution in [1.29, 1.82) is 0 Å². The lowest BCUT2D eigenvalue weighted by molar-refractivity contribution is 0.0755. The number of fused-ring (bicyclic) bond motifs is 1. The second-order valence-electron chi connectivity index (χ2n) is 7.03. The van der Waals surface area contributed by atoms with Crippen molar-refractivity contribution in [2.45, 2.75) is 38.7 Å². The van der Waals surface area contributed by atoms with E-state index in [9.17, 15) is 14.3 Å². The molecule has 2 unspecified atom stereocenters. The Labute approximate surface area is 146 Å². The average molecular weight is 343 g/mol. The fraction of sp³-hybridized carbons (Fsp3) is 0.474. The number of carbonyl (C=O) groups excluding carboxylic acids is 1. The number of rotatable bonds is 3. The van der Waals surface area contributed by atoms with E-state index in [2.05, 4.69) is 5.10 Å². The summed E-state index contributed by atoms with van der Waals surface area (Å²) in [5, 5.41) is 14.3. The van der Waals surface area contributed by atoms with Crippen LogP contribution in [0.1, 0.15) is 41.5 Å². The highest BCUT2D eigenvalue weighted by atomic mass is 19.1. The van der Waals surface area contributed by atoms with Gasteiger partial charge >= 0.3 is 0 Å². The summed E-state index contributed by atoms with van der Waals surface area (Å²) in [5.41, 5.74) is 2.73. The number of aromatic nitrogens is 2. The number of para-hydroxylation sites is 1. The van der Waals surface area contributed by atoms with Crippen LogP contribution in [-0.4, -0.2) is 44.9 Å². The van der Waals surface area contributed by atoms with Gasteiger partial charge in [-0.25, -0.2) is 9.07 Å². The molecule has 1 aromatic heterocycles. The van der Waals surface area contributed by atoms with Gasteiger partial charge in [-0.2, -0.15) is 5.10 Å². The Kier molecular flexibility index (Phi) is 4.07. The molecular formula is C19H22FN3O2. The monoisotopic (exact) mass is 343 g/mol. The smallest absolute Gasteiger partial charge is 0.274 e. The maximum absolute atomic E-state index is 14.2. The first-order chi connectivity index (χ1) is 12.1. The Bertz CT molecular complexity index is 815. The van der Waals surface area contributed by atoms with Crippen LogP contribution >= 0.6 is 0 Å². The molecule has 5 nitrogen and oxygen atoms in total. The number of benzene rings is 1. The third-order valence-electron chi connectivity index (χ3n) is 5.41. The summed E-state index contributed by atoms with van der Waals surface area (Å²) in [5.74, 6) is -0.323. The minimum Gasteiger partial charge on any atom is -0.393 e. The maximum atomic E-state index is 14.2. The third-order valence-corrected chi connectivity index (χ3v) is 5.41. The average Bonchev–Trinajstić information content (AvgIpc) is 3.31. The molecule has 0 bridgehead atoms. The minimum atomic E-state index is -0.417. The fourth-order valence-corrected chi connectivity index (χ4v) is 3.95. The van der Waals surface area contributed by atoms with Gasteiger partial charge in [-0.1, -0.05) is 12.1 Å². The number of aliphatic hydroxyl groups is 1. The van der Waals surface area contributed by atoms with E-state index in [1.807, 2.05) is 0 Å². The molecule has 2 atom stereocenters. The lowest BCUT2D eigenvalue weighted by atomic mass is 10.0. The van der Waals surface area contributed by atoms with Crippen LogP contribution < -0.4 is 0 Å². The lowest BCUT2D eigenvalue weighted by Crippen LogP contribution is -2.31. The Balaban J connectivity index is 1.69. The molecule has 2 heterocycles. The van der Waals surface area contributed by atoms with Crippen molar-refractivity contribution in [3.8, 4) is 5.69 Å². The Morgan fingerprint density at radius 1 is 1.36 bits per heavy atom. The van der Waals surface area contributed by atoms with Gasteiger partial charge in [0.1, 0.15) is 11.5 Å². The second kappa shape index (κ2) is 6.26. The predicted octanol–water partition coefficient (Wildman–Crippen LogP) is 2.34.